The second-order valence-electron chi connectivity index (χ2n) is 5.13. The van der Waals surface area contributed by atoms with Gasteiger partial charge in [0.25, 0.3) is 0 Å². The summed E-state index contributed by atoms with van der Waals surface area (Å²) in [4.78, 5) is 2.46. The molecular weight excluding hydrogens is 224 g/mol. The smallest absolute Gasteiger partial charge is 0.0637 e. The molecule has 0 bridgehead atoms. The molecule has 0 saturated heterocycles. The third-order valence-corrected chi connectivity index (χ3v) is 3.84. The summed E-state index contributed by atoms with van der Waals surface area (Å²) in [6.07, 6.45) is 2.73. The van der Waals surface area contributed by atoms with E-state index in [1.165, 1.54) is 24.1 Å². The highest BCUT2D eigenvalue weighted by Gasteiger charge is 2.31. The molecule has 1 fully saturated rings. The van der Waals surface area contributed by atoms with Gasteiger partial charge in [0, 0.05) is 31.9 Å². The van der Waals surface area contributed by atoms with E-state index >= 15 is 0 Å². The molecular formula is C15H24N2O. The van der Waals surface area contributed by atoms with Gasteiger partial charge in [-0.05, 0) is 43.4 Å². The zero-order valence-electron chi connectivity index (χ0n) is 11.4. The number of anilines is 1. The standard InChI is InChI=1S/C15H24N2O/c1-12(14-5-6-14)17(9-10-18-2)15-7-3-13(11-16)4-8-15/h3-4,7-8,12,14H,5-6,9-11,16H2,1-2H3. The van der Waals surface area contributed by atoms with E-state index in [1.54, 1.807) is 7.11 Å². The summed E-state index contributed by atoms with van der Waals surface area (Å²) in [5, 5.41) is 0. The van der Waals surface area contributed by atoms with E-state index in [0.717, 1.165) is 19.1 Å². The van der Waals surface area contributed by atoms with Crippen molar-refractivity contribution < 1.29 is 4.74 Å². The molecule has 0 heterocycles. The second kappa shape index (κ2) is 6.21. The SMILES string of the molecule is COCCN(c1ccc(CN)cc1)C(C)C1CC1. The number of hydrogen-bond donors (Lipinski definition) is 1. The molecule has 0 amide bonds. The predicted molar refractivity (Wildman–Crippen MR) is 75.7 cm³/mol. The van der Waals surface area contributed by atoms with Crippen molar-refractivity contribution in [3.8, 4) is 0 Å². The minimum absolute atomic E-state index is 0.601. The Hall–Kier alpha value is -1.06. The molecule has 3 heteroatoms. The van der Waals surface area contributed by atoms with E-state index in [0.29, 0.717) is 12.6 Å². The molecule has 1 atom stereocenters. The van der Waals surface area contributed by atoms with Crippen LogP contribution in [0.4, 0.5) is 5.69 Å². The van der Waals surface area contributed by atoms with Crippen LogP contribution in [0.5, 0.6) is 0 Å². The molecule has 100 valence electrons. The van der Waals surface area contributed by atoms with Crippen molar-refractivity contribution in [1.82, 2.24) is 0 Å². The van der Waals surface area contributed by atoms with E-state index in [4.69, 9.17) is 10.5 Å². The molecule has 1 saturated carbocycles. The Morgan fingerprint density at radius 3 is 2.50 bits per heavy atom. The molecule has 0 radical (unpaired) electrons. The van der Waals surface area contributed by atoms with Gasteiger partial charge in [-0.1, -0.05) is 12.1 Å². The molecule has 3 nitrogen and oxygen atoms in total. The summed E-state index contributed by atoms with van der Waals surface area (Å²) in [6, 6.07) is 9.20. The Morgan fingerprint density at radius 2 is 2.00 bits per heavy atom. The van der Waals surface area contributed by atoms with Crippen molar-refractivity contribution in [2.45, 2.75) is 32.4 Å². The maximum Gasteiger partial charge on any atom is 0.0637 e. The Labute approximate surface area is 110 Å². The fourth-order valence-electron chi connectivity index (χ4n) is 2.41. The van der Waals surface area contributed by atoms with Gasteiger partial charge >= 0.3 is 0 Å². The average molecular weight is 248 g/mol. The van der Waals surface area contributed by atoms with Gasteiger partial charge in [0.1, 0.15) is 0 Å². The van der Waals surface area contributed by atoms with E-state index in [2.05, 4.69) is 36.1 Å². The highest BCUT2D eigenvalue weighted by atomic mass is 16.5. The van der Waals surface area contributed by atoms with E-state index < -0.39 is 0 Å². The molecule has 0 spiro atoms. The topological polar surface area (TPSA) is 38.5 Å². The highest BCUT2D eigenvalue weighted by molar-refractivity contribution is 5.49. The lowest BCUT2D eigenvalue weighted by molar-refractivity contribution is 0.202. The number of methoxy groups -OCH3 is 1. The molecule has 0 aliphatic heterocycles. The van der Waals surface area contributed by atoms with Gasteiger partial charge < -0.3 is 15.4 Å². The Morgan fingerprint density at radius 1 is 1.33 bits per heavy atom. The molecule has 1 aromatic rings. The molecule has 1 aliphatic rings. The second-order valence-corrected chi connectivity index (χ2v) is 5.13. The monoisotopic (exact) mass is 248 g/mol. The number of nitrogens with two attached hydrogens (primary N) is 1. The van der Waals surface area contributed by atoms with Crippen LogP contribution < -0.4 is 10.6 Å². The van der Waals surface area contributed by atoms with E-state index in [-0.39, 0.29) is 0 Å². The van der Waals surface area contributed by atoms with Crippen molar-refractivity contribution in [2.24, 2.45) is 11.7 Å². The van der Waals surface area contributed by atoms with Crippen molar-refractivity contribution in [3.05, 3.63) is 29.8 Å². The number of hydrogen-bond acceptors (Lipinski definition) is 3. The highest BCUT2D eigenvalue weighted by Crippen LogP contribution is 2.36. The van der Waals surface area contributed by atoms with Crippen LogP contribution in [-0.4, -0.2) is 26.3 Å². The summed E-state index contributed by atoms with van der Waals surface area (Å²) in [6.45, 7) is 4.66. The summed E-state index contributed by atoms with van der Waals surface area (Å²) in [5.74, 6) is 0.857. The quantitative estimate of drug-likeness (QED) is 0.805. The van der Waals surface area contributed by atoms with Crippen LogP contribution in [0.2, 0.25) is 0 Å². The fraction of sp³-hybridized carbons (Fsp3) is 0.600. The third-order valence-electron chi connectivity index (χ3n) is 3.84. The minimum Gasteiger partial charge on any atom is -0.383 e. The molecule has 1 aromatic carbocycles. The van der Waals surface area contributed by atoms with Gasteiger partial charge in [0.2, 0.25) is 0 Å². The van der Waals surface area contributed by atoms with Crippen LogP contribution in [0.25, 0.3) is 0 Å². The van der Waals surface area contributed by atoms with E-state index in [1.807, 2.05) is 0 Å². The lowest BCUT2D eigenvalue weighted by atomic mass is 10.1. The first kappa shape index (κ1) is 13.4. The van der Waals surface area contributed by atoms with Crippen LogP contribution in [-0.2, 0) is 11.3 Å². The Bertz CT molecular complexity index is 359. The number of ether oxygens (including phenoxy) is 1. The van der Waals surface area contributed by atoms with Gasteiger partial charge in [0.05, 0.1) is 6.61 Å². The zero-order chi connectivity index (χ0) is 13.0. The van der Waals surface area contributed by atoms with Gasteiger partial charge in [-0.15, -0.1) is 0 Å². The lowest BCUT2D eigenvalue weighted by Crippen LogP contribution is -2.37. The van der Waals surface area contributed by atoms with Gasteiger partial charge in [-0.25, -0.2) is 0 Å². The molecule has 2 rings (SSSR count). The summed E-state index contributed by atoms with van der Waals surface area (Å²) in [5.41, 5.74) is 8.11. The van der Waals surface area contributed by atoms with Crippen LogP contribution in [0, 0.1) is 5.92 Å². The number of benzene rings is 1. The first-order chi connectivity index (χ1) is 8.76. The Kier molecular flexibility index (Phi) is 4.61. The van der Waals surface area contributed by atoms with Crippen molar-refractivity contribution in [3.63, 3.8) is 0 Å². The average Bonchev–Trinajstić information content (AvgIpc) is 3.24. The normalized spacial score (nSPS) is 16.6. The molecule has 18 heavy (non-hydrogen) atoms. The van der Waals surface area contributed by atoms with Crippen molar-refractivity contribution in [2.75, 3.05) is 25.2 Å². The van der Waals surface area contributed by atoms with Crippen LogP contribution in [0.15, 0.2) is 24.3 Å². The maximum atomic E-state index is 5.64. The van der Waals surface area contributed by atoms with E-state index in [9.17, 15) is 0 Å². The zero-order valence-corrected chi connectivity index (χ0v) is 11.4. The van der Waals surface area contributed by atoms with Crippen molar-refractivity contribution in [1.29, 1.82) is 0 Å². The minimum atomic E-state index is 0.601. The number of rotatable bonds is 7. The fourth-order valence-corrected chi connectivity index (χ4v) is 2.41. The first-order valence-electron chi connectivity index (χ1n) is 6.81. The predicted octanol–water partition coefficient (Wildman–Crippen LogP) is 2.40. The molecule has 1 aliphatic carbocycles. The van der Waals surface area contributed by atoms with Gasteiger partial charge in [0.15, 0.2) is 0 Å². The third kappa shape index (κ3) is 3.24. The molecule has 2 N–H and O–H groups in total. The summed E-state index contributed by atoms with van der Waals surface area (Å²) >= 11 is 0. The molecule has 1 unspecified atom stereocenters. The first-order valence-corrected chi connectivity index (χ1v) is 6.81. The van der Waals surface area contributed by atoms with Crippen LogP contribution in [0.1, 0.15) is 25.3 Å². The van der Waals surface area contributed by atoms with Crippen molar-refractivity contribution >= 4 is 5.69 Å². The maximum absolute atomic E-state index is 5.64. The largest absolute Gasteiger partial charge is 0.383 e. The number of nitrogens with zero attached hydrogens (tertiary/aromatic N) is 1. The van der Waals surface area contributed by atoms with Gasteiger partial charge in [-0.3, -0.25) is 0 Å². The van der Waals surface area contributed by atoms with Crippen LogP contribution in [0.3, 0.4) is 0 Å². The van der Waals surface area contributed by atoms with Crippen LogP contribution >= 0.6 is 0 Å². The lowest BCUT2D eigenvalue weighted by Gasteiger charge is -2.31. The Balaban J connectivity index is 2.09. The summed E-state index contributed by atoms with van der Waals surface area (Å²) < 4.78 is 5.23. The summed E-state index contributed by atoms with van der Waals surface area (Å²) in [7, 11) is 1.76. The van der Waals surface area contributed by atoms with Gasteiger partial charge in [-0.2, -0.15) is 0 Å². The molecule has 0 aromatic heterocycles.